The third kappa shape index (κ3) is 5.26. The molecule has 2 rings (SSSR count). The van der Waals surface area contributed by atoms with E-state index in [4.69, 9.17) is 16.3 Å². The fourth-order valence-electron chi connectivity index (χ4n) is 1.56. The van der Waals surface area contributed by atoms with Crippen LogP contribution in [0.25, 0.3) is 0 Å². The maximum absolute atomic E-state index is 13.0. The van der Waals surface area contributed by atoms with Crippen LogP contribution in [-0.4, -0.2) is 10.5 Å². The third-order valence-corrected chi connectivity index (χ3v) is 3.83. The molecule has 21 heavy (non-hydrogen) atoms. The van der Waals surface area contributed by atoms with Crippen molar-refractivity contribution in [3.8, 4) is 5.75 Å². The smallest absolute Gasteiger partial charge is 0.142 e. The molecule has 0 unspecified atom stereocenters. The summed E-state index contributed by atoms with van der Waals surface area (Å²) in [7, 11) is 0. The van der Waals surface area contributed by atoms with E-state index >= 15 is 0 Å². The van der Waals surface area contributed by atoms with Gasteiger partial charge in [0.05, 0.1) is 10.7 Å². The number of aromatic nitrogens is 1. The fraction of sp³-hybridized carbons (Fsp3) is 0.400. The zero-order valence-electron chi connectivity index (χ0n) is 12.2. The van der Waals surface area contributed by atoms with Gasteiger partial charge in [-0.2, -0.15) is 0 Å². The van der Waals surface area contributed by atoms with Gasteiger partial charge in [0, 0.05) is 23.5 Å². The van der Waals surface area contributed by atoms with Gasteiger partial charge < -0.3 is 10.1 Å². The number of hydrogen-bond donors (Lipinski definition) is 1. The van der Waals surface area contributed by atoms with Crippen molar-refractivity contribution >= 4 is 22.9 Å². The SMILES string of the molecule is CC(C)(C)NCc1nc(COc2ccc(F)c(Cl)c2)cs1. The molecule has 2 aromatic rings. The van der Waals surface area contributed by atoms with Gasteiger partial charge in [0.25, 0.3) is 0 Å². The van der Waals surface area contributed by atoms with Crippen molar-refractivity contribution in [2.45, 2.75) is 39.5 Å². The Labute approximate surface area is 133 Å². The Morgan fingerprint density at radius 3 is 2.81 bits per heavy atom. The zero-order chi connectivity index (χ0) is 15.5. The summed E-state index contributed by atoms with van der Waals surface area (Å²) >= 11 is 7.30. The molecule has 1 heterocycles. The Kier molecular flexibility index (Phi) is 5.19. The lowest BCUT2D eigenvalue weighted by Crippen LogP contribution is -2.35. The molecule has 0 bridgehead atoms. The van der Waals surface area contributed by atoms with Crippen LogP contribution in [0.15, 0.2) is 23.6 Å². The Balaban J connectivity index is 1.89. The van der Waals surface area contributed by atoms with Gasteiger partial charge >= 0.3 is 0 Å². The monoisotopic (exact) mass is 328 g/mol. The Bertz CT molecular complexity index is 610. The van der Waals surface area contributed by atoms with E-state index in [2.05, 4.69) is 31.1 Å². The van der Waals surface area contributed by atoms with Gasteiger partial charge in [0.15, 0.2) is 0 Å². The molecule has 1 N–H and O–H groups in total. The van der Waals surface area contributed by atoms with Crippen molar-refractivity contribution in [1.82, 2.24) is 10.3 Å². The second kappa shape index (κ2) is 6.73. The van der Waals surface area contributed by atoms with Crippen LogP contribution in [0, 0.1) is 5.82 Å². The summed E-state index contributed by atoms with van der Waals surface area (Å²) in [5.74, 6) is 0.0805. The molecule has 0 amide bonds. The summed E-state index contributed by atoms with van der Waals surface area (Å²) in [5, 5.41) is 6.42. The molecule has 0 aliphatic heterocycles. The van der Waals surface area contributed by atoms with Crippen LogP contribution in [0.2, 0.25) is 5.02 Å². The van der Waals surface area contributed by atoms with Gasteiger partial charge in [0.2, 0.25) is 0 Å². The predicted molar refractivity (Wildman–Crippen MR) is 84.4 cm³/mol. The maximum atomic E-state index is 13.0. The molecule has 114 valence electrons. The number of nitrogens with zero attached hydrogens (tertiary/aromatic N) is 1. The normalized spacial score (nSPS) is 11.7. The highest BCUT2D eigenvalue weighted by molar-refractivity contribution is 7.09. The Hall–Kier alpha value is -1.17. The van der Waals surface area contributed by atoms with Gasteiger partial charge in [-0.3, -0.25) is 0 Å². The van der Waals surface area contributed by atoms with Crippen molar-refractivity contribution in [2.75, 3.05) is 0 Å². The van der Waals surface area contributed by atoms with E-state index in [-0.39, 0.29) is 10.6 Å². The first-order chi connectivity index (χ1) is 9.83. The van der Waals surface area contributed by atoms with Crippen LogP contribution in [0.4, 0.5) is 4.39 Å². The molecular weight excluding hydrogens is 311 g/mol. The molecule has 0 saturated carbocycles. The maximum Gasteiger partial charge on any atom is 0.142 e. The standard InChI is InChI=1S/C15H18ClFN2OS/c1-15(2,3)18-7-14-19-10(9-21-14)8-20-11-4-5-13(17)12(16)6-11/h4-6,9,18H,7-8H2,1-3H3. The van der Waals surface area contributed by atoms with E-state index in [9.17, 15) is 4.39 Å². The highest BCUT2D eigenvalue weighted by Crippen LogP contribution is 2.22. The number of benzene rings is 1. The van der Waals surface area contributed by atoms with E-state index in [0.29, 0.717) is 12.4 Å². The molecule has 6 heteroatoms. The number of hydrogen-bond acceptors (Lipinski definition) is 4. The van der Waals surface area contributed by atoms with Gasteiger partial charge in [-0.25, -0.2) is 9.37 Å². The molecule has 1 aromatic carbocycles. The minimum absolute atomic E-state index is 0.0563. The quantitative estimate of drug-likeness (QED) is 0.883. The van der Waals surface area contributed by atoms with Crippen molar-refractivity contribution in [1.29, 1.82) is 0 Å². The van der Waals surface area contributed by atoms with Crippen LogP contribution in [0.5, 0.6) is 5.75 Å². The van der Waals surface area contributed by atoms with Crippen molar-refractivity contribution < 1.29 is 9.13 Å². The molecule has 1 aromatic heterocycles. The number of thiazole rings is 1. The number of nitrogens with one attached hydrogen (secondary N) is 1. The molecule has 0 aliphatic rings. The first-order valence-corrected chi connectivity index (χ1v) is 7.85. The van der Waals surface area contributed by atoms with Crippen LogP contribution in [-0.2, 0) is 13.2 Å². The van der Waals surface area contributed by atoms with Crippen LogP contribution in [0.3, 0.4) is 0 Å². The summed E-state index contributed by atoms with van der Waals surface area (Å²) in [5.41, 5.74) is 0.916. The van der Waals surface area contributed by atoms with Crippen LogP contribution >= 0.6 is 22.9 Å². The summed E-state index contributed by atoms with van der Waals surface area (Å²) in [6.45, 7) is 7.42. The summed E-state index contributed by atoms with van der Waals surface area (Å²) < 4.78 is 18.6. The molecule has 0 aliphatic carbocycles. The summed E-state index contributed by atoms with van der Waals surface area (Å²) in [6.07, 6.45) is 0. The Morgan fingerprint density at radius 1 is 1.38 bits per heavy atom. The topological polar surface area (TPSA) is 34.2 Å². The molecule has 0 atom stereocenters. The average molecular weight is 329 g/mol. The Morgan fingerprint density at radius 2 is 2.14 bits per heavy atom. The molecular formula is C15H18ClFN2OS. The highest BCUT2D eigenvalue weighted by atomic mass is 35.5. The molecule has 0 fully saturated rings. The van der Waals surface area contributed by atoms with Crippen molar-refractivity contribution in [3.05, 3.63) is 45.1 Å². The molecule has 0 radical (unpaired) electrons. The highest BCUT2D eigenvalue weighted by Gasteiger charge is 2.10. The minimum atomic E-state index is -0.451. The van der Waals surface area contributed by atoms with Gasteiger partial charge in [0.1, 0.15) is 23.2 Å². The lowest BCUT2D eigenvalue weighted by atomic mass is 10.1. The minimum Gasteiger partial charge on any atom is -0.487 e. The van der Waals surface area contributed by atoms with E-state index in [0.717, 1.165) is 17.2 Å². The van der Waals surface area contributed by atoms with Gasteiger partial charge in [-0.1, -0.05) is 11.6 Å². The van der Waals surface area contributed by atoms with Gasteiger partial charge in [-0.05, 0) is 32.9 Å². The van der Waals surface area contributed by atoms with Crippen molar-refractivity contribution in [3.63, 3.8) is 0 Å². The van der Waals surface area contributed by atoms with E-state index in [1.54, 1.807) is 17.4 Å². The second-order valence-corrected chi connectivity index (χ2v) is 7.05. The number of halogens is 2. The number of ether oxygens (including phenoxy) is 1. The van der Waals surface area contributed by atoms with Crippen molar-refractivity contribution in [2.24, 2.45) is 0 Å². The lowest BCUT2D eigenvalue weighted by molar-refractivity contribution is 0.301. The summed E-state index contributed by atoms with van der Waals surface area (Å²) in [4.78, 5) is 4.49. The first kappa shape index (κ1) is 16.2. The third-order valence-electron chi connectivity index (χ3n) is 2.65. The lowest BCUT2D eigenvalue weighted by Gasteiger charge is -2.19. The molecule has 0 spiro atoms. The first-order valence-electron chi connectivity index (χ1n) is 6.60. The fourth-order valence-corrected chi connectivity index (χ4v) is 2.45. The second-order valence-electron chi connectivity index (χ2n) is 5.70. The van der Waals surface area contributed by atoms with E-state index in [1.807, 2.05) is 5.38 Å². The zero-order valence-corrected chi connectivity index (χ0v) is 13.8. The van der Waals surface area contributed by atoms with E-state index < -0.39 is 5.82 Å². The van der Waals surface area contributed by atoms with Crippen LogP contribution in [0.1, 0.15) is 31.5 Å². The summed E-state index contributed by atoms with van der Waals surface area (Å²) in [6, 6.07) is 4.30. The average Bonchev–Trinajstić information content (AvgIpc) is 2.85. The van der Waals surface area contributed by atoms with Crippen LogP contribution < -0.4 is 10.1 Å². The molecule has 3 nitrogen and oxygen atoms in total. The largest absolute Gasteiger partial charge is 0.487 e. The predicted octanol–water partition coefficient (Wildman–Crippen LogP) is 4.40. The van der Waals surface area contributed by atoms with Gasteiger partial charge in [-0.15, -0.1) is 11.3 Å². The molecule has 0 saturated heterocycles. The number of rotatable bonds is 5. The van der Waals surface area contributed by atoms with E-state index in [1.165, 1.54) is 12.1 Å².